The Bertz CT molecular complexity index is 1610. The van der Waals surface area contributed by atoms with Crippen molar-refractivity contribution in [3.05, 3.63) is 76.5 Å². The SMILES string of the molecule is COc1ccc(OC)c(NC(=O)CSc2nnc(N3C(N)=C(C#N)C(c4ccc(F)cc4)C4=C3CCCC4=O)s2)c1. The topological polar surface area (TPSA) is 143 Å². The van der Waals surface area contributed by atoms with Crippen molar-refractivity contribution >= 4 is 45.6 Å². The number of nitrogens with two attached hydrogens (primary N) is 1. The number of nitriles is 1. The van der Waals surface area contributed by atoms with Crippen molar-refractivity contribution in [1.29, 1.82) is 5.26 Å². The fourth-order valence-electron chi connectivity index (χ4n) is 4.87. The number of Topliss-reactive ketones (excluding diaryl/α,β-unsaturated/α-hetero) is 1. The Hall–Kier alpha value is -4.41. The second-order valence-electron chi connectivity index (χ2n) is 9.12. The molecule has 2 heterocycles. The maximum Gasteiger partial charge on any atom is 0.234 e. The molecule has 41 heavy (non-hydrogen) atoms. The summed E-state index contributed by atoms with van der Waals surface area (Å²) in [5.41, 5.74) is 8.94. The zero-order valence-electron chi connectivity index (χ0n) is 22.1. The zero-order valence-corrected chi connectivity index (χ0v) is 23.8. The second kappa shape index (κ2) is 12.0. The standard InChI is InChI=1S/C28H25FN6O4S2/c1-38-17-10-11-22(39-2)19(12-17)32-23(37)14-40-28-34-33-27(41-28)35-20-4-3-5-21(36)25(20)24(18(13-30)26(35)31)15-6-8-16(29)9-7-15/h6-12,24H,3-5,14,31H2,1-2H3,(H,32,37). The zero-order chi connectivity index (χ0) is 29.1. The molecule has 0 saturated heterocycles. The van der Waals surface area contributed by atoms with E-state index in [1.807, 2.05) is 0 Å². The number of carbonyl (C=O) groups excluding carboxylic acids is 2. The fourth-order valence-corrected chi connectivity index (χ4v) is 6.55. The lowest BCUT2D eigenvalue weighted by Gasteiger charge is -2.38. The first kappa shape index (κ1) is 28.1. The number of methoxy groups -OCH3 is 2. The quantitative estimate of drug-likeness (QED) is 0.352. The van der Waals surface area contributed by atoms with E-state index in [9.17, 15) is 19.2 Å². The van der Waals surface area contributed by atoms with Crippen LogP contribution in [0.3, 0.4) is 0 Å². The van der Waals surface area contributed by atoms with Gasteiger partial charge in [0.15, 0.2) is 10.1 Å². The number of hydrogen-bond acceptors (Lipinski definition) is 11. The van der Waals surface area contributed by atoms with Crippen molar-refractivity contribution < 1.29 is 23.5 Å². The average molecular weight is 593 g/mol. The molecule has 10 nitrogen and oxygen atoms in total. The van der Waals surface area contributed by atoms with E-state index in [-0.39, 0.29) is 28.8 Å². The van der Waals surface area contributed by atoms with E-state index in [1.165, 1.54) is 49.5 Å². The first-order valence-corrected chi connectivity index (χ1v) is 14.3. The summed E-state index contributed by atoms with van der Waals surface area (Å²) in [7, 11) is 3.04. The Kier molecular flexibility index (Phi) is 8.23. The molecule has 3 aromatic rings. The van der Waals surface area contributed by atoms with Gasteiger partial charge in [0.1, 0.15) is 23.1 Å². The fraction of sp³-hybridized carbons (Fsp3) is 0.250. The van der Waals surface area contributed by atoms with E-state index in [4.69, 9.17) is 15.2 Å². The van der Waals surface area contributed by atoms with Crippen LogP contribution < -0.4 is 25.4 Å². The molecule has 1 aliphatic heterocycles. The van der Waals surface area contributed by atoms with Gasteiger partial charge in [-0.05, 0) is 42.7 Å². The minimum absolute atomic E-state index is 0.0445. The number of amides is 1. The molecule has 0 bridgehead atoms. The lowest BCUT2D eigenvalue weighted by atomic mass is 9.76. The normalized spacial score (nSPS) is 16.8. The first-order chi connectivity index (χ1) is 19.8. The monoisotopic (exact) mass is 592 g/mol. The van der Waals surface area contributed by atoms with E-state index < -0.39 is 11.7 Å². The van der Waals surface area contributed by atoms with Crippen molar-refractivity contribution in [2.24, 2.45) is 5.73 Å². The van der Waals surface area contributed by atoms with Crippen LogP contribution in [0.2, 0.25) is 0 Å². The Morgan fingerprint density at radius 1 is 1.22 bits per heavy atom. The summed E-state index contributed by atoms with van der Waals surface area (Å²) in [6.07, 6.45) is 1.51. The molecule has 3 N–H and O–H groups in total. The summed E-state index contributed by atoms with van der Waals surface area (Å²) in [6, 6.07) is 13.0. The molecule has 5 rings (SSSR count). The highest BCUT2D eigenvalue weighted by Crippen LogP contribution is 2.47. The molecule has 1 aromatic heterocycles. The van der Waals surface area contributed by atoms with Crippen molar-refractivity contribution in [3.8, 4) is 17.6 Å². The number of ether oxygens (including phenoxy) is 2. The van der Waals surface area contributed by atoms with Gasteiger partial charge in [-0.3, -0.25) is 14.5 Å². The van der Waals surface area contributed by atoms with Crippen LogP contribution >= 0.6 is 23.1 Å². The highest BCUT2D eigenvalue weighted by Gasteiger charge is 2.41. The molecule has 0 saturated carbocycles. The summed E-state index contributed by atoms with van der Waals surface area (Å²) in [6.45, 7) is 0. The molecule has 2 aliphatic rings. The minimum Gasteiger partial charge on any atom is -0.497 e. The number of ketones is 1. The summed E-state index contributed by atoms with van der Waals surface area (Å²) in [5.74, 6) is -0.230. The largest absolute Gasteiger partial charge is 0.497 e. The highest BCUT2D eigenvalue weighted by atomic mass is 32.2. The van der Waals surface area contributed by atoms with Crippen LogP contribution in [0.25, 0.3) is 0 Å². The number of thioether (sulfide) groups is 1. The van der Waals surface area contributed by atoms with Gasteiger partial charge < -0.3 is 20.5 Å². The number of halogens is 1. The highest BCUT2D eigenvalue weighted by molar-refractivity contribution is 8.01. The molecular formula is C28H25FN6O4S2. The smallest absolute Gasteiger partial charge is 0.234 e. The van der Waals surface area contributed by atoms with Crippen LogP contribution in [-0.2, 0) is 9.59 Å². The lowest BCUT2D eigenvalue weighted by molar-refractivity contribution is -0.116. The van der Waals surface area contributed by atoms with E-state index in [2.05, 4.69) is 21.6 Å². The maximum atomic E-state index is 13.7. The molecule has 0 fully saturated rings. The number of aromatic nitrogens is 2. The number of rotatable bonds is 8. The second-order valence-corrected chi connectivity index (χ2v) is 11.3. The van der Waals surface area contributed by atoms with Crippen molar-refractivity contribution in [3.63, 3.8) is 0 Å². The third kappa shape index (κ3) is 5.61. The summed E-state index contributed by atoms with van der Waals surface area (Å²) in [4.78, 5) is 27.5. The first-order valence-electron chi connectivity index (χ1n) is 12.5. The van der Waals surface area contributed by atoms with Crippen LogP contribution in [0, 0.1) is 17.1 Å². The van der Waals surface area contributed by atoms with Gasteiger partial charge in [-0.15, -0.1) is 10.2 Å². The van der Waals surface area contributed by atoms with E-state index in [1.54, 1.807) is 35.2 Å². The van der Waals surface area contributed by atoms with Crippen molar-refractivity contribution in [1.82, 2.24) is 10.2 Å². The third-order valence-electron chi connectivity index (χ3n) is 6.71. The molecule has 1 aliphatic carbocycles. The molecule has 0 radical (unpaired) electrons. The Labute approximate surface area is 243 Å². The summed E-state index contributed by atoms with van der Waals surface area (Å²) >= 11 is 2.38. The van der Waals surface area contributed by atoms with Gasteiger partial charge >= 0.3 is 0 Å². The maximum absolute atomic E-state index is 13.7. The van der Waals surface area contributed by atoms with Gasteiger partial charge in [-0.25, -0.2) is 4.39 Å². The third-order valence-corrected chi connectivity index (χ3v) is 8.75. The molecule has 1 unspecified atom stereocenters. The summed E-state index contributed by atoms with van der Waals surface area (Å²) < 4.78 is 24.7. The number of allylic oxidation sites excluding steroid dienone is 3. The number of nitrogens with one attached hydrogen (secondary N) is 1. The van der Waals surface area contributed by atoms with Crippen LogP contribution in [0.4, 0.5) is 15.2 Å². The Morgan fingerprint density at radius 3 is 2.71 bits per heavy atom. The van der Waals surface area contributed by atoms with E-state index in [0.717, 1.165) is 0 Å². The predicted octanol–water partition coefficient (Wildman–Crippen LogP) is 4.73. The van der Waals surface area contributed by atoms with Gasteiger partial charge in [-0.1, -0.05) is 35.2 Å². The number of carbonyl (C=O) groups is 2. The lowest BCUT2D eigenvalue weighted by Crippen LogP contribution is -2.38. The molecule has 210 valence electrons. The molecule has 2 aromatic carbocycles. The predicted molar refractivity (Wildman–Crippen MR) is 153 cm³/mol. The van der Waals surface area contributed by atoms with Gasteiger partial charge in [0, 0.05) is 23.8 Å². The molecule has 0 spiro atoms. The van der Waals surface area contributed by atoms with Gasteiger partial charge in [-0.2, -0.15) is 5.26 Å². The number of anilines is 2. The average Bonchev–Trinajstić information content (AvgIpc) is 3.44. The minimum atomic E-state index is -0.696. The Morgan fingerprint density at radius 2 is 2.00 bits per heavy atom. The van der Waals surface area contributed by atoms with Crippen molar-refractivity contribution in [2.45, 2.75) is 29.5 Å². The molecule has 1 amide bonds. The summed E-state index contributed by atoms with van der Waals surface area (Å²) in [5, 5.41) is 21.8. The number of nitrogens with zero attached hydrogens (tertiary/aromatic N) is 4. The van der Waals surface area contributed by atoms with Gasteiger partial charge in [0.25, 0.3) is 0 Å². The van der Waals surface area contributed by atoms with Crippen LogP contribution in [0.1, 0.15) is 30.7 Å². The molecule has 13 heteroatoms. The van der Waals surface area contributed by atoms with Crippen molar-refractivity contribution in [2.75, 3.05) is 30.2 Å². The van der Waals surface area contributed by atoms with Crippen LogP contribution in [-0.4, -0.2) is 41.9 Å². The Balaban J connectivity index is 1.39. The van der Waals surface area contributed by atoms with E-state index >= 15 is 0 Å². The number of hydrogen-bond donors (Lipinski definition) is 2. The number of benzene rings is 2. The van der Waals surface area contributed by atoms with Crippen LogP contribution in [0.5, 0.6) is 11.5 Å². The van der Waals surface area contributed by atoms with E-state index in [0.29, 0.717) is 62.8 Å². The van der Waals surface area contributed by atoms with Crippen LogP contribution in [0.15, 0.2) is 69.5 Å². The van der Waals surface area contributed by atoms with Gasteiger partial charge in [0.05, 0.1) is 43.2 Å². The molecular weight excluding hydrogens is 567 g/mol. The molecule has 1 atom stereocenters. The van der Waals surface area contributed by atoms with Gasteiger partial charge in [0.2, 0.25) is 11.0 Å².